The van der Waals surface area contributed by atoms with E-state index in [2.05, 4.69) is 20.5 Å². The molecule has 0 saturated heterocycles. The molecule has 1 amide bonds. The molecule has 3 aromatic heterocycles. The number of carbonyl (C=O) groups excluding carboxylic acids is 1. The molecule has 0 bridgehead atoms. The van der Waals surface area contributed by atoms with Crippen molar-refractivity contribution in [3.05, 3.63) is 39.9 Å². The van der Waals surface area contributed by atoms with Crippen LogP contribution in [0.15, 0.2) is 23.1 Å². The van der Waals surface area contributed by atoms with Crippen LogP contribution < -0.4 is 10.9 Å². The van der Waals surface area contributed by atoms with Crippen LogP contribution in [0.3, 0.4) is 0 Å². The normalized spacial score (nSPS) is 11.0. The van der Waals surface area contributed by atoms with Crippen LogP contribution in [0, 0.1) is 6.92 Å². The molecule has 108 valence electrons. The Morgan fingerprint density at radius 2 is 2.14 bits per heavy atom. The molecule has 8 heteroatoms. The van der Waals surface area contributed by atoms with E-state index < -0.39 is 0 Å². The lowest BCUT2D eigenvalue weighted by molar-refractivity contribution is 0.102. The first-order valence-electron chi connectivity index (χ1n) is 6.33. The molecule has 0 radical (unpaired) electrons. The van der Waals surface area contributed by atoms with Gasteiger partial charge in [0, 0.05) is 32.1 Å². The smallest absolute Gasteiger partial charge is 0.274 e. The number of hydrogen-bond acceptors (Lipinski definition) is 4. The van der Waals surface area contributed by atoms with Crippen LogP contribution in [0.4, 0.5) is 5.82 Å². The van der Waals surface area contributed by atoms with Crippen molar-refractivity contribution in [1.82, 2.24) is 24.5 Å². The minimum atomic E-state index is -0.388. The van der Waals surface area contributed by atoms with E-state index in [0.717, 1.165) is 0 Å². The molecule has 0 spiro atoms. The number of hydrogen-bond donors (Lipinski definition) is 2. The van der Waals surface area contributed by atoms with Gasteiger partial charge in [-0.25, -0.2) is 4.98 Å². The third kappa shape index (κ3) is 2.20. The number of nitrogens with one attached hydrogen (secondary N) is 2. The number of aromatic nitrogens is 5. The maximum atomic E-state index is 12.4. The van der Waals surface area contributed by atoms with Crippen LogP contribution in [-0.4, -0.2) is 30.5 Å². The van der Waals surface area contributed by atoms with E-state index in [9.17, 15) is 9.59 Å². The number of carbonyl (C=O) groups is 1. The quantitative estimate of drug-likeness (QED) is 0.719. The summed E-state index contributed by atoms with van der Waals surface area (Å²) in [5.74, 6) is 0.0402. The number of amides is 1. The molecule has 0 aliphatic carbocycles. The summed E-state index contributed by atoms with van der Waals surface area (Å²) in [6.45, 7) is 1.77. The molecular formula is C13H14N6O2. The molecule has 0 fully saturated rings. The first kappa shape index (κ1) is 13.1. The van der Waals surface area contributed by atoms with Gasteiger partial charge in [-0.2, -0.15) is 5.10 Å². The van der Waals surface area contributed by atoms with Crippen molar-refractivity contribution >= 4 is 22.8 Å². The van der Waals surface area contributed by atoms with E-state index in [1.165, 1.54) is 4.68 Å². The number of anilines is 1. The Hall–Kier alpha value is -2.90. The zero-order chi connectivity index (χ0) is 15.1. The highest BCUT2D eigenvalue weighted by molar-refractivity contribution is 6.11. The van der Waals surface area contributed by atoms with Gasteiger partial charge in [-0.05, 0) is 13.0 Å². The molecule has 2 N–H and O–H groups in total. The zero-order valence-electron chi connectivity index (χ0n) is 11.8. The van der Waals surface area contributed by atoms with Gasteiger partial charge in [0.2, 0.25) is 0 Å². The van der Waals surface area contributed by atoms with E-state index in [-0.39, 0.29) is 22.4 Å². The summed E-state index contributed by atoms with van der Waals surface area (Å²) < 4.78 is 3.08. The fourth-order valence-electron chi connectivity index (χ4n) is 2.23. The Balaban J connectivity index is 2.11. The third-order valence-corrected chi connectivity index (χ3v) is 3.14. The number of nitrogens with zero attached hydrogens (tertiary/aromatic N) is 4. The number of aromatic amines is 1. The van der Waals surface area contributed by atoms with Crippen molar-refractivity contribution in [2.45, 2.75) is 6.92 Å². The monoisotopic (exact) mass is 286 g/mol. The first-order chi connectivity index (χ1) is 9.95. The summed E-state index contributed by atoms with van der Waals surface area (Å²) in [5, 5.41) is 9.64. The second kappa shape index (κ2) is 4.58. The summed E-state index contributed by atoms with van der Waals surface area (Å²) >= 11 is 0. The Bertz CT molecular complexity index is 901. The van der Waals surface area contributed by atoms with Crippen LogP contribution in [0.25, 0.3) is 11.0 Å². The predicted molar refractivity (Wildman–Crippen MR) is 77.2 cm³/mol. The van der Waals surface area contributed by atoms with E-state index in [1.807, 2.05) is 0 Å². The summed E-state index contributed by atoms with van der Waals surface area (Å²) in [7, 11) is 3.43. The number of rotatable bonds is 2. The molecule has 0 atom stereocenters. The molecule has 0 saturated carbocycles. The fourth-order valence-corrected chi connectivity index (χ4v) is 2.23. The fraction of sp³-hybridized carbons (Fsp3) is 0.231. The van der Waals surface area contributed by atoms with Gasteiger partial charge in [0.1, 0.15) is 0 Å². The van der Waals surface area contributed by atoms with Crippen molar-refractivity contribution in [3.8, 4) is 0 Å². The molecule has 0 aliphatic rings. The van der Waals surface area contributed by atoms with Crippen molar-refractivity contribution in [2.75, 3.05) is 5.32 Å². The molecule has 21 heavy (non-hydrogen) atoms. The van der Waals surface area contributed by atoms with Crippen LogP contribution >= 0.6 is 0 Å². The summed E-state index contributed by atoms with van der Waals surface area (Å²) in [4.78, 5) is 28.7. The van der Waals surface area contributed by atoms with Gasteiger partial charge in [-0.3, -0.25) is 24.1 Å². The number of fused-ring (bicyclic) bond motifs is 1. The molecular weight excluding hydrogens is 272 g/mol. The minimum absolute atomic E-state index is 0.275. The lowest BCUT2D eigenvalue weighted by Gasteiger charge is -2.04. The van der Waals surface area contributed by atoms with Gasteiger partial charge in [0.15, 0.2) is 11.5 Å². The lowest BCUT2D eigenvalue weighted by Crippen LogP contribution is -2.16. The first-order valence-corrected chi connectivity index (χ1v) is 6.33. The standard InChI is InChI=1S/C13H14N6O2/c1-7-6-8(10-11(14-7)19(3)17-13(10)21)12(20)15-9-4-5-18(2)16-9/h4-6H,1-3H3,(H,17,21)(H,15,16,20). The van der Waals surface area contributed by atoms with Crippen molar-refractivity contribution < 1.29 is 4.79 Å². The molecule has 3 rings (SSSR count). The average molecular weight is 286 g/mol. The van der Waals surface area contributed by atoms with Crippen molar-refractivity contribution in [2.24, 2.45) is 14.1 Å². The summed E-state index contributed by atoms with van der Waals surface area (Å²) in [5.41, 5.74) is 1.05. The predicted octanol–water partition coefficient (Wildman–Crippen LogP) is 0.556. The van der Waals surface area contributed by atoms with E-state index >= 15 is 0 Å². The van der Waals surface area contributed by atoms with Crippen molar-refractivity contribution in [3.63, 3.8) is 0 Å². The summed E-state index contributed by atoms with van der Waals surface area (Å²) in [6.07, 6.45) is 1.72. The number of aryl methyl sites for hydroxylation is 3. The van der Waals surface area contributed by atoms with Crippen LogP contribution in [0.5, 0.6) is 0 Å². The second-order valence-corrected chi connectivity index (χ2v) is 4.84. The lowest BCUT2D eigenvalue weighted by atomic mass is 10.1. The van der Waals surface area contributed by atoms with E-state index in [4.69, 9.17) is 0 Å². The highest BCUT2D eigenvalue weighted by Gasteiger charge is 2.18. The Labute approximate surface area is 119 Å². The maximum absolute atomic E-state index is 12.4. The van der Waals surface area contributed by atoms with Crippen LogP contribution in [0.1, 0.15) is 16.1 Å². The van der Waals surface area contributed by atoms with Gasteiger partial charge in [-0.1, -0.05) is 0 Å². The van der Waals surface area contributed by atoms with E-state index in [1.54, 1.807) is 44.0 Å². The molecule has 3 heterocycles. The van der Waals surface area contributed by atoms with Crippen LogP contribution in [0.2, 0.25) is 0 Å². The minimum Gasteiger partial charge on any atom is -0.305 e. The highest BCUT2D eigenvalue weighted by Crippen LogP contribution is 2.16. The highest BCUT2D eigenvalue weighted by atomic mass is 16.2. The maximum Gasteiger partial charge on any atom is 0.274 e. The summed E-state index contributed by atoms with van der Waals surface area (Å²) in [6, 6.07) is 3.27. The van der Waals surface area contributed by atoms with Gasteiger partial charge in [0.05, 0.1) is 10.9 Å². The molecule has 0 unspecified atom stereocenters. The Kier molecular flexibility index (Phi) is 2.86. The van der Waals surface area contributed by atoms with Gasteiger partial charge in [0.25, 0.3) is 11.5 Å². The van der Waals surface area contributed by atoms with Crippen LogP contribution in [-0.2, 0) is 14.1 Å². The van der Waals surface area contributed by atoms with Gasteiger partial charge in [-0.15, -0.1) is 0 Å². The number of H-pyrrole nitrogens is 1. The zero-order valence-corrected chi connectivity index (χ0v) is 11.8. The molecule has 0 aromatic carbocycles. The van der Waals surface area contributed by atoms with Gasteiger partial charge < -0.3 is 5.32 Å². The number of pyridine rings is 1. The topological polar surface area (TPSA) is 97.6 Å². The van der Waals surface area contributed by atoms with Gasteiger partial charge >= 0.3 is 0 Å². The SMILES string of the molecule is Cc1cc(C(=O)Nc2ccn(C)n2)c2c(=O)[nH]n(C)c2n1. The largest absolute Gasteiger partial charge is 0.305 e. The third-order valence-electron chi connectivity index (χ3n) is 3.14. The second-order valence-electron chi connectivity index (χ2n) is 4.84. The van der Waals surface area contributed by atoms with E-state index in [0.29, 0.717) is 17.2 Å². The molecule has 8 nitrogen and oxygen atoms in total. The van der Waals surface area contributed by atoms with Crippen molar-refractivity contribution in [1.29, 1.82) is 0 Å². The average Bonchev–Trinajstić information content (AvgIpc) is 2.93. The Morgan fingerprint density at radius 3 is 2.81 bits per heavy atom. The molecule has 3 aromatic rings. The molecule has 0 aliphatic heterocycles. The Morgan fingerprint density at radius 1 is 1.38 bits per heavy atom.